The van der Waals surface area contributed by atoms with Gasteiger partial charge < -0.3 is 5.11 Å². The van der Waals surface area contributed by atoms with Crippen molar-refractivity contribution in [3.8, 4) is 16.9 Å². The molecular formula is C17H14N2O2. The number of aromatic carboxylic acids is 1. The first-order valence-corrected chi connectivity index (χ1v) is 6.60. The van der Waals surface area contributed by atoms with E-state index in [-0.39, 0.29) is 5.56 Å². The molecule has 0 fully saturated rings. The molecule has 0 saturated carbocycles. The van der Waals surface area contributed by atoms with Crippen molar-refractivity contribution in [2.75, 3.05) is 0 Å². The van der Waals surface area contributed by atoms with Crippen molar-refractivity contribution in [1.29, 1.82) is 0 Å². The molecule has 0 unspecified atom stereocenters. The Morgan fingerprint density at radius 1 is 1.00 bits per heavy atom. The van der Waals surface area contributed by atoms with Crippen LogP contribution in [-0.4, -0.2) is 20.9 Å². The minimum absolute atomic E-state index is 0.266. The van der Waals surface area contributed by atoms with Crippen LogP contribution in [0.25, 0.3) is 16.9 Å². The Morgan fingerprint density at radius 2 is 1.67 bits per heavy atom. The Balaban J connectivity index is 2.02. The van der Waals surface area contributed by atoms with E-state index in [1.54, 1.807) is 35.1 Å². The van der Waals surface area contributed by atoms with Gasteiger partial charge in [0, 0.05) is 5.56 Å². The van der Waals surface area contributed by atoms with Crippen LogP contribution in [0.15, 0.2) is 60.8 Å². The standard InChI is InChI=1S/C17H14N2O2/c1-12-2-4-13(5-3-12)16-10-11-18-19(16)15-8-6-14(7-9-15)17(20)21/h2-11H,1H3,(H,20,21). The Bertz CT molecular complexity index is 771. The number of hydrogen-bond donors (Lipinski definition) is 1. The monoisotopic (exact) mass is 278 g/mol. The molecule has 1 N–H and O–H groups in total. The van der Waals surface area contributed by atoms with Crippen molar-refractivity contribution in [3.63, 3.8) is 0 Å². The first kappa shape index (κ1) is 13.1. The minimum Gasteiger partial charge on any atom is -0.478 e. The average molecular weight is 278 g/mol. The van der Waals surface area contributed by atoms with E-state index in [1.807, 2.05) is 13.0 Å². The second-order valence-corrected chi connectivity index (χ2v) is 4.85. The summed E-state index contributed by atoms with van der Waals surface area (Å²) in [5, 5.41) is 13.3. The summed E-state index contributed by atoms with van der Waals surface area (Å²) in [6.07, 6.45) is 1.74. The number of benzene rings is 2. The zero-order valence-electron chi connectivity index (χ0n) is 11.5. The van der Waals surface area contributed by atoms with Crippen LogP contribution >= 0.6 is 0 Å². The van der Waals surface area contributed by atoms with Crippen LogP contribution < -0.4 is 0 Å². The molecule has 4 heteroatoms. The van der Waals surface area contributed by atoms with Gasteiger partial charge in [0.2, 0.25) is 0 Å². The van der Waals surface area contributed by atoms with Gasteiger partial charge in [0.05, 0.1) is 23.1 Å². The molecule has 0 bridgehead atoms. The SMILES string of the molecule is Cc1ccc(-c2ccnn2-c2ccc(C(=O)O)cc2)cc1. The number of nitrogens with zero attached hydrogens (tertiary/aromatic N) is 2. The Labute approximate surface area is 122 Å². The topological polar surface area (TPSA) is 55.1 Å². The normalized spacial score (nSPS) is 10.5. The quantitative estimate of drug-likeness (QED) is 0.797. The molecule has 0 amide bonds. The van der Waals surface area contributed by atoms with Crippen LogP contribution in [0, 0.1) is 6.92 Å². The molecule has 0 aliphatic carbocycles. The van der Waals surface area contributed by atoms with Gasteiger partial charge in [-0.25, -0.2) is 9.48 Å². The van der Waals surface area contributed by atoms with Gasteiger partial charge in [-0.05, 0) is 37.3 Å². The van der Waals surface area contributed by atoms with Crippen LogP contribution in [0.1, 0.15) is 15.9 Å². The largest absolute Gasteiger partial charge is 0.478 e. The van der Waals surface area contributed by atoms with E-state index in [9.17, 15) is 4.79 Å². The highest BCUT2D eigenvalue weighted by atomic mass is 16.4. The molecule has 0 aliphatic heterocycles. The van der Waals surface area contributed by atoms with Crippen molar-refractivity contribution in [3.05, 3.63) is 71.9 Å². The fraction of sp³-hybridized carbons (Fsp3) is 0.0588. The van der Waals surface area contributed by atoms with Crippen LogP contribution in [0.5, 0.6) is 0 Å². The van der Waals surface area contributed by atoms with Crippen molar-refractivity contribution in [2.24, 2.45) is 0 Å². The lowest BCUT2D eigenvalue weighted by Gasteiger charge is -2.08. The molecule has 0 atom stereocenters. The number of rotatable bonds is 3. The molecule has 1 heterocycles. The molecule has 3 aromatic rings. The third kappa shape index (κ3) is 2.56. The summed E-state index contributed by atoms with van der Waals surface area (Å²) in [6, 6.07) is 16.8. The third-order valence-corrected chi connectivity index (χ3v) is 3.35. The van der Waals surface area contributed by atoms with Gasteiger partial charge in [-0.15, -0.1) is 0 Å². The van der Waals surface area contributed by atoms with E-state index in [0.717, 1.165) is 16.9 Å². The van der Waals surface area contributed by atoms with E-state index in [4.69, 9.17) is 5.11 Å². The van der Waals surface area contributed by atoms with Crippen LogP contribution in [0.4, 0.5) is 0 Å². The van der Waals surface area contributed by atoms with Crippen LogP contribution in [-0.2, 0) is 0 Å². The van der Waals surface area contributed by atoms with Gasteiger partial charge in [0.25, 0.3) is 0 Å². The second-order valence-electron chi connectivity index (χ2n) is 4.85. The van der Waals surface area contributed by atoms with Crippen LogP contribution in [0.2, 0.25) is 0 Å². The summed E-state index contributed by atoms with van der Waals surface area (Å²) in [5.74, 6) is -0.930. The maximum Gasteiger partial charge on any atom is 0.335 e. The molecule has 2 aromatic carbocycles. The second kappa shape index (κ2) is 5.25. The van der Waals surface area contributed by atoms with E-state index < -0.39 is 5.97 Å². The predicted octanol–water partition coefficient (Wildman–Crippen LogP) is 3.55. The van der Waals surface area contributed by atoms with E-state index in [0.29, 0.717) is 0 Å². The summed E-state index contributed by atoms with van der Waals surface area (Å²) in [4.78, 5) is 10.9. The summed E-state index contributed by atoms with van der Waals surface area (Å²) >= 11 is 0. The number of carboxylic acid groups (broad SMARTS) is 1. The molecule has 104 valence electrons. The fourth-order valence-corrected chi connectivity index (χ4v) is 2.20. The lowest BCUT2D eigenvalue weighted by molar-refractivity contribution is 0.0697. The molecule has 0 spiro atoms. The Hall–Kier alpha value is -2.88. The first-order valence-electron chi connectivity index (χ1n) is 6.60. The maximum atomic E-state index is 10.9. The van der Waals surface area contributed by atoms with Gasteiger partial charge in [-0.3, -0.25) is 0 Å². The summed E-state index contributed by atoms with van der Waals surface area (Å²) in [7, 11) is 0. The minimum atomic E-state index is -0.930. The highest BCUT2D eigenvalue weighted by molar-refractivity contribution is 5.87. The van der Waals surface area contributed by atoms with Crippen LogP contribution in [0.3, 0.4) is 0 Å². The number of hydrogen-bond acceptors (Lipinski definition) is 2. The van der Waals surface area contributed by atoms with Gasteiger partial charge in [0.15, 0.2) is 0 Å². The van der Waals surface area contributed by atoms with Gasteiger partial charge in [-0.1, -0.05) is 29.8 Å². The van der Waals surface area contributed by atoms with Crippen molar-refractivity contribution in [2.45, 2.75) is 6.92 Å². The molecule has 21 heavy (non-hydrogen) atoms. The zero-order chi connectivity index (χ0) is 14.8. The first-order chi connectivity index (χ1) is 10.1. The van der Waals surface area contributed by atoms with E-state index in [2.05, 4.69) is 29.4 Å². The smallest absolute Gasteiger partial charge is 0.335 e. The molecule has 3 rings (SSSR count). The number of carboxylic acids is 1. The highest BCUT2D eigenvalue weighted by Crippen LogP contribution is 2.22. The van der Waals surface area contributed by atoms with E-state index in [1.165, 1.54) is 5.56 Å². The summed E-state index contributed by atoms with van der Waals surface area (Å²) in [5.41, 5.74) is 4.34. The third-order valence-electron chi connectivity index (χ3n) is 3.35. The van der Waals surface area contributed by atoms with Crippen molar-refractivity contribution in [1.82, 2.24) is 9.78 Å². The highest BCUT2D eigenvalue weighted by Gasteiger charge is 2.08. The molecule has 0 saturated heterocycles. The molecule has 0 radical (unpaired) electrons. The maximum absolute atomic E-state index is 10.9. The number of aromatic nitrogens is 2. The van der Waals surface area contributed by atoms with Crippen molar-refractivity contribution >= 4 is 5.97 Å². The summed E-state index contributed by atoms with van der Waals surface area (Å²) in [6.45, 7) is 2.05. The molecule has 1 aromatic heterocycles. The molecule has 4 nitrogen and oxygen atoms in total. The number of carbonyl (C=O) groups is 1. The zero-order valence-corrected chi connectivity index (χ0v) is 11.5. The lowest BCUT2D eigenvalue weighted by Crippen LogP contribution is -2.01. The van der Waals surface area contributed by atoms with Crippen molar-refractivity contribution < 1.29 is 9.90 Å². The number of aryl methyl sites for hydroxylation is 1. The lowest BCUT2D eigenvalue weighted by atomic mass is 10.1. The van der Waals surface area contributed by atoms with E-state index >= 15 is 0 Å². The van der Waals surface area contributed by atoms with Gasteiger partial charge in [-0.2, -0.15) is 5.10 Å². The average Bonchev–Trinajstić information content (AvgIpc) is 2.97. The molecule has 0 aliphatic rings. The fourth-order valence-electron chi connectivity index (χ4n) is 2.20. The van der Waals surface area contributed by atoms with Gasteiger partial charge >= 0.3 is 5.97 Å². The predicted molar refractivity (Wildman–Crippen MR) is 80.7 cm³/mol. The Kier molecular flexibility index (Phi) is 3.28. The Morgan fingerprint density at radius 3 is 2.29 bits per heavy atom. The summed E-state index contributed by atoms with van der Waals surface area (Å²) < 4.78 is 1.80. The van der Waals surface area contributed by atoms with Gasteiger partial charge in [0.1, 0.15) is 0 Å². The molecular weight excluding hydrogens is 264 g/mol.